The largest absolute Gasteiger partial charge is 0.362 e. The summed E-state index contributed by atoms with van der Waals surface area (Å²) in [6.07, 6.45) is 0. The molecule has 3 aromatic heterocycles. The first kappa shape index (κ1) is 21.3. The third-order valence-corrected chi connectivity index (χ3v) is 6.06. The molecule has 1 aliphatic rings. The average Bonchev–Trinajstić information content (AvgIpc) is 3.32. The lowest BCUT2D eigenvalue weighted by Crippen LogP contribution is -2.47. The van der Waals surface area contributed by atoms with E-state index < -0.39 is 0 Å². The minimum absolute atomic E-state index is 0.340. The van der Waals surface area contributed by atoms with Crippen LogP contribution in [0.25, 0.3) is 22.3 Å². The molecule has 5 rings (SSSR count). The van der Waals surface area contributed by atoms with Crippen molar-refractivity contribution in [1.82, 2.24) is 45.1 Å². The van der Waals surface area contributed by atoms with E-state index in [9.17, 15) is 4.79 Å². The molecule has 1 saturated heterocycles. The zero-order chi connectivity index (χ0) is 23.1. The Morgan fingerprint density at radius 3 is 2.64 bits per heavy atom. The predicted octanol–water partition coefficient (Wildman–Crippen LogP) is 0.719. The molecule has 0 bridgehead atoms. The Balaban J connectivity index is 1.66. The Labute approximate surface area is 195 Å². The number of anilines is 1. The zero-order valence-corrected chi connectivity index (χ0v) is 19.6. The number of amides is 1. The number of nitrogens with one attached hydrogen (secondary N) is 3. The number of benzene rings is 1. The van der Waals surface area contributed by atoms with Crippen LogP contribution in [0.1, 0.15) is 23.1 Å². The van der Waals surface area contributed by atoms with Crippen molar-refractivity contribution in [3.8, 4) is 0 Å². The minimum atomic E-state index is -0.373. The maximum atomic E-state index is 13.0. The molecule has 1 amide bonds. The van der Waals surface area contributed by atoms with Gasteiger partial charge < -0.3 is 15.1 Å². The number of hydrogen-bond donors (Lipinski definition) is 3. The first-order valence-corrected chi connectivity index (χ1v) is 11.3. The molecular formula is C21H26N10OS. The van der Waals surface area contributed by atoms with Gasteiger partial charge in [-0.25, -0.2) is 14.4 Å². The number of hydrogen-bond acceptors (Lipinski definition) is 7. The molecule has 1 fully saturated rings. The second-order valence-electron chi connectivity index (χ2n) is 8.07. The Morgan fingerprint density at radius 1 is 1.12 bits per heavy atom. The number of nitrogens with zero attached hydrogens (tertiary/aromatic N) is 7. The van der Waals surface area contributed by atoms with Gasteiger partial charge in [0.1, 0.15) is 0 Å². The molecule has 33 heavy (non-hydrogen) atoms. The lowest BCUT2D eigenvalue weighted by molar-refractivity contribution is 0.0936. The molecule has 4 heterocycles. The summed E-state index contributed by atoms with van der Waals surface area (Å²) in [6.45, 7) is 7.95. The number of aromatic nitrogens is 5. The van der Waals surface area contributed by atoms with Crippen LogP contribution in [0.2, 0.25) is 0 Å². The summed E-state index contributed by atoms with van der Waals surface area (Å²) in [6, 6.07) is 7.90. The van der Waals surface area contributed by atoms with E-state index in [4.69, 9.17) is 27.3 Å². The maximum absolute atomic E-state index is 13.0. The molecule has 172 valence electrons. The van der Waals surface area contributed by atoms with Gasteiger partial charge in [-0.1, -0.05) is 12.1 Å². The van der Waals surface area contributed by atoms with Crippen molar-refractivity contribution in [2.24, 2.45) is 0 Å². The highest BCUT2D eigenvalue weighted by atomic mass is 32.1. The predicted molar refractivity (Wildman–Crippen MR) is 131 cm³/mol. The van der Waals surface area contributed by atoms with Crippen LogP contribution in [0.3, 0.4) is 0 Å². The molecule has 0 unspecified atom stereocenters. The summed E-state index contributed by atoms with van der Waals surface area (Å²) >= 11 is 5.14. The highest BCUT2D eigenvalue weighted by molar-refractivity contribution is 7.80. The van der Waals surface area contributed by atoms with E-state index in [1.165, 1.54) is 0 Å². The number of piperazine rings is 1. The number of likely N-dealkylation sites (N-methyl/N-ethyl adjacent to an activating group) is 1. The van der Waals surface area contributed by atoms with Crippen molar-refractivity contribution >= 4 is 51.5 Å². The molecule has 0 aliphatic carbocycles. The van der Waals surface area contributed by atoms with Gasteiger partial charge in [-0.2, -0.15) is 4.52 Å². The number of carbonyl (C=O) groups is 1. The van der Waals surface area contributed by atoms with Crippen LogP contribution in [0.15, 0.2) is 24.3 Å². The van der Waals surface area contributed by atoms with Gasteiger partial charge in [0.2, 0.25) is 11.7 Å². The van der Waals surface area contributed by atoms with Crippen LogP contribution in [-0.4, -0.2) is 79.7 Å². The normalized spacial score (nSPS) is 14.8. The third kappa shape index (κ3) is 3.70. The van der Waals surface area contributed by atoms with E-state index in [0.717, 1.165) is 43.0 Å². The molecular weight excluding hydrogens is 440 g/mol. The standard InChI is InChI=1S/C21H26N10OS/c1-4-22-19(33)26-25-18(32)16-13(2)23-21-30-17(27-31(16)21)14-7-5-6-8-15(14)24-20(30)29-11-9-28(3)10-12-29/h5-8H,4,9-12H2,1-3H3,(H,25,32)(H2,22,26,33). The fourth-order valence-corrected chi connectivity index (χ4v) is 4.31. The van der Waals surface area contributed by atoms with Gasteiger partial charge in [-0.05, 0) is 45.2 Å². The van der Waals surface area contributed by atoms with Crippen LogP contribution in [0.4, 0.5) is 5.95 Å². The monoisotopic (exact) mass is 466 g/mol. The van der Waals surface area contributed by atoms with E-state index in [0.29, 0.717) is 34.5 Å². The van der Waals surface area contributed by atoms with Crippen LogP contribution >= 0.6 is 12.2 Å². The van der Waals surface area contributed by atoms with E-state index in [1.807, 2.05) is 35.6 Å². The smallest absolute Gasteiger partial charge is 0.290 e. The Kier molecular flexibility index (Phi) is 5.46. The van der Waals surface area contributed by atoms with E-state index in [-0.39, 0.29) is 5.91 Å². The summed E-state index contributed by atoms with van der Waals surface area (Å²) < 4.78 is 3.54. The number of rotatable bonds is 3. The van der Waals surface area contributed by atoms with E-state index in [1.54, 1.807) is 11.4 Å². The number of hydrazine groups is 1. The summed E-state index contributed by atoms with van der Waals surface area (Å²) in [4.78, 5) is 27.2. The van der Waals surface area contributed by atoms with Gasteiger partial charge in [0, 0.05) is 38.1 Å². The summed E-state index contributed by atoms with van der Waals surface area (Å²) in [5, 5.41) is 8.99. The molecule has 0 atom stereocenters. The molecule has 3 N–H and O–H groups in total. The Hall–Kier alpha value is -3.51. The van der Waals surface area contributed by atoms with Crippen LogP contribution < -0.4 is 21.1 Å². The topological polar surface area (TPSA) is 107 Å². The van der Waals surface area contributed by atoms with Gasteiger partial charge in [0.25, 0.3) is 5.91 Å². The number of para-hydroxylation sites is 1. The van der Waals surface area contributed by atoms with Gasteiger partial charge >= 0.3 is 0 Å². The van der Waals surface area contributed by atoms with Gasteiger partial charge in [0.05, 0.1) is 11.2 Å². The molecule has 0 radical (unpaired) electrons. The Morgan fingerprint density at radius 2 is 1.88 bits per heavy atom. The van der Waals surface area contributed by atoms with Gasteiger partial charge in [-0.15, -0.1) is 5.10 Å². The number of carbonyl (C=O) groups excluding carboxylic acids is 1. The fourth-order valence-electron chi connectivity index (χ4n) is 4.11. The van der Waals surface area contributed by atoms with Crippen molar-refractivity contribution in [1.29, 1.82) is 0 Å². The summed E-state index contributed by atoms with van der Waals surface area (Å²) in [5.41, 5.74) is 7.82. The molecule has 11 nitrogen and oxygen atoms in total. The molecule has 4 aromatic rings. The number of aryl methyl sites for hydroxylation is 1. The van der Waals surface area contributed by atoms with Crippen molar-refractivity contribution in [3.05, 3.63) is 35.7 Å². The van der Waals surface area contributed by atoms with E-state index in [2.05, 4.69) is 33.0 Å². The first-order chi connectivity index (χ1) is 16.0. The van der Waals surface area contributed by atoms with Crippen molar-refractivity contribution in [3.63, 3.8) is 0 Å². The van der Waals surface area contributed by atoms with Crippen LogP contribution in [0, 0.1) is 6.92 Å². The second-order valence-corrected chi connectivity index (χ2v) is 8.48. The third-order valence-electron chi connectivity index (χ3n) is 5.81. The van der Waals surface area contributed by atoms with Crippen molar-refractivity contribution in [2.45, 2.75) is 13.8 Å². The number of fused-ring (bicyclic) bond motifs is 5. The highest BCUT2D eigenvalue weighted by Crippen LogP contribution is 2.27. The second kappa shape index (κ2) is 8.45. The summed E-state index contributed by atoms with van der Waals surface area (Å²) in [7, 11) is 2.12. The SMILES string of the molecule is CCNC(=S)NNC(=O)c1c(C)nc2n1nc1c3ccccc3nc(N3CCN(C)CC3)n12. The maximum Gasteiger partial charge on any atom is 0.290 e. The van der Waals surface area contributed by atoms with Crippen LogP contribution in [-0.2, 0) is 0 Å². The quantitative estimate of drug-likeness (QED) is 0.297. The first-order valence-electron chi connectivity index (χ1n) is 10.9. The molecule has 0 spiro atoms. The van der Waals surface area contributed by atoms with Crippen molar-refractivity contribution in [2.75, 3.05) is 44.7 Å². The van der Waals surface area contributed by atoms with Crippen molar-refractivity contribution < 1.29 is 4.79 Å². The van der Waals surface area contributed by atoms with E-state index >= 15 is 0 Å². The average molecular weight is 467 g/mol. The molecule has 0 saturated carbocycles. The summed E-state index contributed by atoms with van der Waals surface area (Å²) in [5.74, 6) is 0.957. The molecule has 12 heteroatoms. The van der Waals surface area contributed by atoms with Crippen LogP contribution in [0.5, 0.6) is 0 Å². The zero-order valence-electron chi connectivity index (χ0n) is 18.8. The fraction of sp³-hybridized carbons (Fsp3) is 0.381. The Bertz CT molecular complexity index is 1370. The van der Waals surface area contributed by atoms with Gasteiger partial charge in [0.15, 0.2) is 16.5 Å². The molecule has 1 aliphatic heterocycles. The lowest BCUT2D eigenvalue weighted by Gasteiger charge is -2.33. The lowest BCUT2D eigenvalue weighted by atomic mass is 10.2. The number of thiocarbonyl (C=S) groups is 1. The number of imidazole rings is 1. The minimum Gasteiger partial charge on any atom is -0.362 e. The van der Waals surface area contributed by atoms with Gasteiger partial charge in [-0.3, -0.25) is 15.6 Å². The molecule has 1 aromatic carbocycles. The highest BCUT2D eigenvalue weighted by Gasteiger charge is 2.26.